The molecule has 2 rings (SSSR count). The van der Waals surface area contributed by atoms with E-state index in [1.807, 2.05) is 13.8 Å². The summed E-state index contributed by atoms with van der Waals surface area (Å²) in [6.07, 6.45) is 10.9. The van der Waals surface area contributed by atoms with Crippen molar-refractivity contribution in [3.8, 4) is 0 Å². The monoisotopic (exact) mass is 310 g/mol. The molecule has 3 heteroatoms. The second-order valence-corrected chi connectivity index (χ2v) is 6.84. The van der Waals surface area contributed by atoms with Gasteiger partial charge in [0.2, 0.25) is 0 Å². The van der Waals surface area contributed by atoms with Crippen LogP contribution in [0.5, 0.6) is 0 Å². The molecule has 0 aromatic carbocycles. The van der Waals surface area contributed by atoms with E-state index in [0.29, 0.717) is 6.42 Å². The molecule has 0 saturated carbocycles. The highest BCUT2D eigenvalue weighted by Gasteiger charge is 1.96. The highest BCUT2D eigenvalue weighted by atomic mass is 32.2. The quantitative estimate of drug-likeness (QED) is 0.536. The molecular weight excluding hydrogens is 275 g/mol. The molecule has 0 aromatic rings. The van der Waals surface area contributed by atoms with Crippen molar-refractivity contribution in [2.75, 3.05) is 29.7 Å². The van der Waals surface area contributed by atoms with E-state index in [-0.39, 0.29) is 6.67 Å². The van der Waals surface area contributed by atoms with Crippen molar-refractivity contribution in [2.45, 2.75) is 72.1 Å². The third-order valence-corrected chi connectivity index (χ3v) is 4.90. The average molecular weight is 311 g/mol. The Bertz CT molecular complexity index is 94.8. The number of thioether (sulfide) groups is 2. The van der Waals surface area contributed by atoms with Gasteiger partial charge in [0.25, 0.3) is 0 Å². The van der Waals surface area contributed by atoms with Crippen LogP contribution in [0.1, 0.15) is 72.1 Å². The number of alkyl halides is 1. The second-order valence-electron chi connectivity index (χ2n) is 4.39. The van der Waals surface area contributed by atoms with Crippen LogP contribution in [-0.4, -0.2) is 29.7 Å². The summed E-state index contributed by atoms with van der Waals surface area (Å²) in [6, 6.07) is 0. The Morgan fingerprint density at radius 2 is 0.947 bits per heavy atom. The SMILES string of the molecule is C1CCCSCC1.C1CCSCC1.CC.CCCF. The summed E-state index contributed by atoms with van der Waals surface area (Å²) in [5.41, 5.74) is 0. The van der Waals surface area contributed by atoms with Gasteiger partial charge in [-0.3, -0.25) is 4.39 Å². The van der Waals surface area contributed by atoms with E-state index in [1.165, 1.54) is 68.0 Å². The summed E-state index contributed by atoms with van der Waals surface area (Å²) < 4.78 is 10.7. The first-order valence-corrected chi connectivity index (χ1v) is 10.4. The van der Waals surface area contributed by atoms with Crippen LogP contribution in [0, 0.1) is 0 Å². The summed E-state index contributed by atoms with van der Waals surface area (Å²) in [5, 5.41) is 0. The van der Waals surface area contributed by atoms with E-state index < -0.39 is 0 Å². The lowest BCUT2D eigenvalue weighted by molar-refractivity contribution is 0.487. The van der Waals surface area contributed by atoms with Crippen LogP contribution in [-0.2, 0) is 0 Å². The van der Waals surface area contributed by atoms with Crippen LogP contribution in [0.25, 0.3) is 0 Å². The minimum Gasteiger partial charge on any atom is -0.251 e. The van der Waals surface area contributed by atoms with Crippen LogP contribution in [0.2, 0.25) is 0 Å². The second kappa shape index (κ2) is 23.7. The van der Waals surface area contributed by atoms with E-state index in [9.17, 15) is 4.39 Å². The van der Waals surface area contributed by atoms with Gasteiger partial charge in [-0.15, -0.1) is 0 Å². The van der Waals surface area contributed by atoms with Gasteiger partial charge in [-0.05, 0) is 55.1 Å². The number of hydrogen-bond acceptors (Lipinski definition) is 2. The van der Waals surface area contributed by atoms with E-state index >= 15 is 0 Å². The van der Waals surface area contributed by atoms with Gasteiger partial charge >= 0.3 is 0 Å². The highest BCUT2D eigenvalue weighted by molar-refractivity contribution is 7.99. The Balaban J connectivity index is 0. The molecule has 0 unspecified atom stereocenters. The van der Waals surface area contributed by atoms with Crippen molar-refractivity contribution in [3.63, 3.8) is 0 Å². The third-order valence-electron chi connectivity index (χ3n) is 2.59. The molecule has 2 heterocycles. The first-order valence-electron chi connectivity index (χ1n) is 8.13. The fourth-order valence-electron chi connectivity index (χ4n) is 1.55. The minimum absolute atomic E-state index is 0.181. The van der Waals surface area contributed by atoms with Crippen molar-refractivity contribution in [1.82, 2.24) is 0 Å². The molecule has 2 saturated heterocycles. The molecular formula is C16H35FS2. The molecule has 0 atom stereocenters. The zero-order chi connectivity index (χ0) is 14.6. The minimum atomic E-state index is -0.181. The lowest BCUT2D eigenvalue weighted by atomic mass is 10.2. The zero-order valence-electron chi connectivity index (χ0n) is 13.4. The molecule has 0 aromatic heterocycles. The maximum Gasteiger partial charge on any atom is 0.0891 e. The third kappa shape index (κ3) is 24.1. The van der Waals surface area contributed by atoms with Gasteiger partial charge < -0.3 is 0 Å². The molecule has 0 N–H and O–H groups in total. The molecule has 19 heavy (non-hydrogen) atoms. The fraction of sp³-hybridized carbons (Fsp3) is 1.00. The topological polar surface area (TPSA) is 0 Å². The number of halogens is 1. The Hall–Kier alpha value is 0.630. The molecule has 2 aliphatic heterocycles. The zero-order valence-corrected chi connectivity index (χ0v) is 15.0. The lowest BCUT2D eigenvalue weighted by Crippen LogP contribution is -1.91. The van der Waals surface area contributed by atoms with Gasteiger partial charge in [0.1, 0.15) is 0 Å². The predicted octanol–water partition coefficient (Wildman–Crippen LogP) is 6.59. The summed E-state index contributed by atoms with van der Waals surface area (Å²) in [7, 11) is 0. The van der Waals surface area contributed by atoms with Crippen molar-refractivity contribution in [2.24, 2.45) is 0 Å². The van der Waals surface area contributed by atoms with Crippen LogP contribution in [0.15, 0.2) is 0 Å². The first kappa shape index (κ1) is 21.9. The molecule has 0 nitrogen and oxygen atoms in total. The maximum atomic E-state index is 10.7. The normalized spacial score (nSPS) is 18.3. The molecule has 0 amide bonds. The summed E-state index contributed by atoms with van der Waals surface area (Å²) in [6.45, 7) is 5.62. The lowest BCUT2D eigenvalue weighted by Gasteiger charge is -2.05. The summed E-state index contributed by atoms with van der Waals surface area (Å²) in [4.78, 5) is 0. The van der Waals surface area contributed by atoms with E-state index in [1.54, 1.807) is 6.92 Å². The largest absolute Gasteiger partial charge is 0.251 e. The average Bonchev–Trinajstić information content (AvgIpc) is 2.84. The van der Waals surface area contributed by atoms with Crippen molar-refractivity contribution in [3.05, 3.63) is 0 Å². The molecule has 118 valence electrons. The van der Waals surface area contributed by atoms with Gasteiger partial charge in [-0.2, -0.15) is 23.5 Å². The summed E-state index contributed by atoms with van der Waals surface area (Å²) in [5.74, 6) is 5.67. The van der Waals surface area contributed by atoms with Gasteiger partial charge in [-0.1, -0.05) is 40.0 Å². The van der Waals surface area contributed by atoms with Gasteiger partial charge in [0.15, 0.2) is 0 Å². The van der Waals surface area contributed by atoms with Crippen LogP contribution < -0.4 is 0 Å². The predicted molar refractivity (Wildman–Crippen MR) is 94.6 cm³/mol. The molecule has 2 fully saturated rings. The van der Waals surface area contributed by atoms with Crippen molar-refractivity contribution < 1.29 is 4.39 Å². The van der Waals surface area contributed by atoms with Crippen LogP contribution >= 0.6 is 23.5 Å². The maximum absolute atomic E-state index is 10.7. The molecule has 0 bridgehead atoms. The molecule has 0 spiro atoms. The van der Waals surface area contributed by atoms with Crippen molar-refractivity contribution >= 4 is 23.5 Å². The van der Waals surface area contributed by atoms with Crippen LogP contribution in [0.4, 0.5) is 4.39 Å². The van der Waals surface area contributed by atoms with Crippen molar-refractivity contribution in [1.29, 1.82) is 0 Å². The van der Waals surface area contributed by atoms with E-state index in [0.717, 1.165) is 0 Å². The standard InChI is InChI=1S/C6H12S.C5H10S.C3H7F.C2H6/c1-2-4-6-7-5-3-1;1-2-4-6-5-3-1;1-2-3-4;1-2/h1-6H2;1-5H2;2-3H2,1H3;1-2H3. The Morgan fingerprint density at radius 1 is 0.684 bits per heavy atom. The molecule has 2 aliphatic rings. The van der Waals surface area contributed by atoms with Crippen LogP contribution in [0.3, 0.4) is 0 Å². The van der Waals surface area contributed by atoms with Gasteiger partial charge in [0.05, 0.1) is 6.67 Å². The Labute approximate surface area is 130 Å². The smallest absolute Gasteiger partial charge is 0.0891 e. The fourth-order valence-corrected chi connectivity index (χ4v) is 3.59. The first-order chi connectivity index (χ1) is 9.41. The van der Waals surface area contributed by atoms with Gasteiger partial charge in [0, 0.05) is 0 Å². The Morgan fingerprint density at radius 3 is 1.21 bits per heavy atom. The molecule has 0 radical (unpaired) electrons. The number of hydrogen-bond donors (Lipinski definition) is 0. The molecule has 0 aliphatic carbocycles. The summed E-state index contributed by atoms with van der Waals surface area (Å²) >= 11 is 4.21. The van der Waals surface area contributed by atoms with E-state index in [4.69, 9.17) is 0 Å². The van der Waals surface area contributed by atoms with E-state index in [2.05, 4.69) is 23.5 Å². The number of rotatable bonds is 1. The Kier molecular flexibility index (Phi) is 27.3. The highest BCUT2D eigenvalue weighted by Crippen LogP contribution is 2.15. The van der Waals surface area contributed by atoms with Gasteiger partial charge in [-0.25, -0.2) is 0 Å².